The molecular weight excluding hydrogens is 379 g/mol. The lowest BCUT2D eigenvalue weighted by molar-refractivity contribution is 0.0934. The molecule has 3 rings (SSSR count). The molecule has 2 atom stereocenters. The Morgan fingerprint density at radius 3 is 2.07 bits per heavy atom. The first kappa shape index (κ1) is 19.4. The van der Waals surface area contributed by atoms with Gasteiger partial charge in [-0.15, -0.1) is 0 Å². The molecule has 0 aliphatic carbocycles. The van der Waals surface area contributed by atoms with E-state index in [4.69, 9.17) is 23.2 Å². The molecular formula is C22H20Cl2N2O. The standard InChI is InChI=1S/C22H20Cl2N2O/c1-15(26-22(27)18-10-12-25-13-11-18)21(17-4-8-20(24)9-5-17)14-16-2-6-19(23)7-3-16/h2-13,15,21H,14H2,1H3,(H,26,27)/t15-,21+/m1/s1. The van der Waals surface area contributed by atoms with Crippen LogP contribution < -0.4 is 5.32 Å². The van der Waals surface area contributed by atoms with Crippen molar-refractivity contribution in [3.05, 3.63) is 99.8 Å². The van der Waals surface area contributed by atoms with E-state index in [1.807, 2.05) is 55.5 Å². The molecule has 27 heavy (non-hydrogen) atoms. The van der Waals surface area contributed by atoms with Crippen molar-refractivity contribution in [3.63, 3.8) is 0 Å². The Morgan fingerprint density at radius 1 is 0.926 bits per heavy atom. The summed E-state index contributed by atoms with van der Waals surface area (Å²) < 4.78 is 0. The van der Waals surface area contributed by atoms with Crippen molar-refractivity contribution in [2.75, 3.05) is 0 Å². The predicted molar refractivity (Wildman–Crippen MR) is 111 cm³/mol. The fourth-order valence-electron chi connectivity index (χ4n) is 3.06. The molecule has 0 saturated heterocycles. The summed E-state index contributed by atoms with van der Waals surface area (Å²) in [6.45, 7) is 2.02. The van der Waals surface area contributed by atoms with Crippen LogP contribution in [0.4, 0.5) is 0 Å². The van der Waals surface area contributed by atoms with Crippen molar-refractivity contribution < 1.29 is 4.79 Å². The maximum Gasteiger partial charge on any atom is 0.251 e. The lowest BCUT2D eigenvalue weighted by atomic mass is 9.86. The molecule has 1 N–H and O–H groups in total. The van der Waals surface area contributed by atoms with Crippen LogP contribution in [0.2, 0.25) is 10.0 Å². The predicted octanol–water partition coefficient (Wildman–Crippen LogP) is 5.53. The molecule has 138 valence electrons. The third-order valence-electron chi connectivity index (χ3n) is 4.57. The Labute approximate surface area is 169 Å². The van der Waals surface area contributed by atoms with E-state index < -0.39 is 0 Å². The van der Waals surface area contributed by atoms with Gasteiger partial charge in [0.1, 0.15) is 0 Å². The number of carbonyl (C=O) groups is 1. The zero-order valence-corrected chi connectivity index (χ0v) is 16.4. The van der Waals surface area contributed by atoms with Gasteiger partial charge in [-0.05, 0) is 60.9 Å². The summed E-state index contributed by atoms with van der Waals surface area (Å²) in [6, 6.07) is 18.9. The van der Waals surface area contributed by atoms with Gasteiger partial charge in [-0.2, -0.15) is 0 Å². The Morgan fingerprint density at radius 2 is 1.48 bits per heavy atom. The molecule has 2 aromatic carbocycles. The number of rotatable bonds is 6. The van der Waals surface area contributed by atoms with E-state index in [0.29, 0.717) is 15.6 Å². The molecule has 0 bridgehead atoms. The van der Waals surface area contributed by atoms with Crippen molar-refractivity contribution in [2.45, 2.75) is 25.3 Å². The van der Waals surface area contributed by atoms with Gasteiger partial charge < -0.3 is 5.32 Å². The number of nitrogens with zero attached hydrogens (tertiary/aromatic N) is 1. The van der Waals surface area contributed by atoms with E-state index in [9.17, 15) is 4.79 Å². The van der Waals surface area contributed by atoms with Gasteiger partial charge in [0.2, 0.25) is 0 Å². The zero-order chi connectivity index (χ0) is 19.2. The van der Waals surface area contributed by atoms with E-state index in [1.54, 1.807) is 24.5 Å². The van der Waals surface area contributed by atoms with E-state index >= 15 is 0 Å². The van der Waals surface area contributed by atoms with E-state index in [0.717, 1.165) is 17.5 Å². The Kier molecular flexibility index (Phi) is 6.49. The number of nitrogens with one attached hydrogen (secondary N) is 1. The Balaban J connectivity index is 1.82. The Bertz CT molecular complexity index is 880. The minimum Gasteiger partial charge on any atom is -0.349 e. The van der Waals surface area contributed by atoms with Gasteiger partial charge in [0, 0.05) is 40.0 Å². The third-order valence-corrected chi connectivity index (χ3v) is 5.08. The monoisotopic (exact) mass is 398 g/mol. The van der Waals surface area contributed by atoms with Crippen LogP contribution in [0, 0.1) is 0 Å². The molecule has 0 aliphatic rings. The normalized spacial score (nSPS) is 13.0. The van der Waals surface area contributed by atoms with Crippen molar-refractivity contribution in [1.29, 1.82) is 0 Å². The highest BCUT2D eigenvalue weighted by atomic mass is 35.5. The van der Waals surface area contributed by atoms with Gasteiger partial charge in [0.15, 0.2) is 0 Å². The molecule has 3 aromatic rings. The summed E-state index contributed by atoms with van der Waals surface area (Å²) in [7, 11) is 0. The number of carbonyl (C=O) groups excluding carboxylic acids is 1. The van der Waals surface area contributed by atoms with Crippen molar-refractivity contribution >= 4 is 29.1 Å². The van der Waals surface area contributed by atoms with Crippen LogP contribution in [0.25, 0.3) is 0 Å². The molecule has 0 aliphatic heterocycles. The summed E-state index contributed by atoms with van der Waals surface area (Å²) in [6.07, 6.45) is 4.00. The first-order valence-electron chi connectivity index (χ1n) is 8.74. The second kappa shape index (κ2) is 9.03. The molecule has 1 heterocycles. The number of hydrogen-bond acceptors (Lipinski definition) is 2. The van der Waals surface area contributed by atoms with Crippen LogP contribution in [0.15, 0.2) is 73.1 Å². The summed E-state index contributed by atoms with van der Waals surface area (Å²) >= 11 is 12.1. The average Bonchev–Trinajstić information content (AvgIpc) is 2.69. The molecule has 0 fully saturated rings. The summed E-state index contributed by atoms with van der Waals surface area (Å²) in [5, 5.41) is 4.52. The minimum atomic E-state index is -0.111. The fraction of sp³-hybridized carbons (Fsp3) is 0.182. The maximum absolute atomic E-state index is 12.6. The van der Waals surface area contributed by atoms with Gasteiger partial charge in [-0.25, -0.2) is 0 Å². The minimum absolute atomic E-state index is 0.0810. The number of amides is 1. The highest BCUT2D eigenvalue weighted by Gasteiger charge is 2.22. The lowest BCUT2D eigenvalue weighted by Crippen LogP contribution is -2.37. The molecule has 0 spiro atoms. The van der Waals surface area contributed by atoms with Gasteiger partial charge in [-0.1, -0.05) is 47.5 Å². The lowest BCUT2D eigenvalue weighted by Gasteiger charge is -2.26. The van der Waals surface area contributed by atoms with Crippen LogP contribution in [0.3, 0.4) is 0 Å². The zero-order valence-electron chi connectivity index (χ0n) is 14.9. The van der Waals surface area contributed by atoms with Gasteiger partial charge in [0.05, 0.1) is 0 Å². The summed E-state index contributed by atoms with van der Waals surface area (Å²) in [5.74, 6) is -0.0193. The first-order chi connectivity index (χ1) is 13.0. The Hall–Kier alpha value is -2.36. The van der Waals surface area contributed by atoms with Gasteiger partial charge in [0.25, 0.3) is 5.91 Å². The first-order valence-corrected chi connectivity index (χ1v) is 9.49. The second-order valence-electron chi connectivity index (χ2n) is 6.49. The second-order valence-corrected chi connectivity index (χ2v) is 7.36. The molecule has 5 heteroatoms. The number of hydrogen-bond donors (Lipinski definition) is 1. The SMILES string of the molecule is C[C@@H](NC(=O)c1ccncc1)[C@H](Cc1ccc(Cl)cc1)c1ccc(Cl)cc1. The van der Waals surface area contributed by atoms with Crippen LogP contribution in [-0.4, -0.2) is 16.9 Å². The van der Waals surface area contributed by atoms with Crippen LogP contribution in [0.5, 0.6) is 0 Å². The van der Waals surface area contributed by atoms with E-state index in [-0.39, 0.29) is 17.9 Å². The topological polar surface area (TPSA) is 42.0 Å². The van der Waals surface area contributed by atoms with Gasteiger partial charge >= 0.3 is 0 Å². The summed E-state index contributed by atoms with van der Waals surface area (Å²) in [4.78, 5) is 16.5. The van der Waals surface area contributed by atoms with Crippen molar-refractivity contribution in [1.82, 2.24) is 10.3 Å². The summed E-state index contributed by atoms with van der Waals surface area (Å²) in [5.41, 5.74) is 2.87. The van der Waals surface area contributed by atoms with Crippen LogP contribution >= 0.6 is 23.2 Å². The smallest absolute Gasteiger partial charge is 0.251 e. The molecule has 1 amide bonds. The van der Waals surface area contributed by atoms with Crippen LogP contribution in [0.1, 0.15) is 34.3 Å². The highest BCUT2D eigenvalue weighted by Crippen LogP contribution is 2.27. The molecule has 0 radical (unpaired) electrons. The van der Waals surface area contributed by atoms with E-state index in [1.165, 1.54) is 0 Å². The largest absolute Gasteiger partial charge is 0.349 e. The van der Waals surface area contributed by atoms with Crippen LogP contribution in [-0.2, 0) is 6.42 Å². The number of pyridine rings is 1. The number of benzene rings is 2. The number of aromatic nitrogens is 1. The fourth-order valence-corrected chi connectivity index (χ4v) is 3.31. The highest BCUT2D eigenvalue weighted by molar-refractivity contribution is 6.30. The quantitative estimate of drug-likeness (QED) is 0.592. The molecule has 0 saturated carbocycles. The van der Waals surface area contributed by atoms with Crippen molar-refractivity contribution in [2.24, 2.45) is 0 Å². The average molecular weight is 399 g/mol. The van der Waals surface area contributed by atoms with Gasteiger partial charge in [-0.3, -0.25) is 9.78 Å². The van der Waals surface area contributed by atoms with E-state index in [2.05, 4.69) is 10.3 Å². The third kappa shape index (κ3) is 5.31. The maximum atomic E-state index is 12.6. The molecule has 3 nitrogen and oxygen atoms in total. The number of halogens is 2. The molecule has 1 aromatic heterocycles. The van der Waals surface area contributed by atoms with Crippen molar-refractivity contribution in [3.8, 4) is 0 Å². The molecule has 0 unspecified atom stereocenters.